The van der Waals surface area contributed by atoms with E-state index in [-0.39, 0.29) is 11.5 Å². The van der Waals surface area contributed by atoms with E-state index in [2.05, 4.69) is 9.97 Å². The number of aromatic hydroxyl groups is 1. The van der Waals surface area contributed by atoms with Gasteiger partial charge < -0.3 is 20.6 Å². The van der Waals surface area contributed by atoms with Crippen molar-refractivity contribution < 1.29 is 9.84 Å². The molecule has 0 atom stereocenters. The Morgan fingerprint density at radius 3 is 2.44 bits per heavy atom. The second kappa shape index (κ2) is 8.03. The number of nitrogens with two attached hydrogens (primary N) is 1. The van der Waals surface area contributed by atoms with Crippen LogP contribution in [0, 0.1) is 0 Å². The van der Waals surface area contributed by atoms with Crippen molar-refractivity contribution in [2.24, 2.45) is 0 Å². The fourth-order valence-electron chi connectivity index (χ4n) is 3.44. The number of aromatic amines is 1. The average molecular weight is 462 g/mol. The third kappa shape index (κ3) is 3.68. The van der Waals surface area contributed by atoms with Crippen molar-refractivity contribution in [3.8, 4) is 39.6 Å². The minimum absolute atomic E-state index is 0.173. The molecule has 0 unspecified atom stereocenters. The number of aromatic nitrogens is 2. The van der Waals surface area contributed by atoms with Gasteiger partial charge in [-0.15, -0.1) is 11.3 Å². The van der Waals surface area contributed by atoms with E-state index in [9.17, 15) is 9.90 Å². The number of rotatable bonds is 4. The molecule has 4 N–H and O–H groups in total. The second-order valence-electron chi connectivity index (χ2n) is 7.07. The maximum absolute atomic E-state index is 12.5. The summed E-state index contributed by atoms with van der Waals surface area (Å²) in [5, 5.41) is 14.1. The molecule has 6 nitrogen and oxygen atoms in total. The van der Waals surface area contributed by atoms with Crippen LogP contribution < -0.4 is 16.0 Å². The molecule has 0 amide bonds. The number of para-hydroxylation sites is 1. The van der Waals surface area contributed by atoms with Crippen molar-refractivity contribution in [2.75, 3.05) is 5.73 Å². The second-order valence-corrected chi connectivity index (χ2v) is 8.37. The number of benzene rings is 3. The SMILES string of the molecule is Nc1nc(-c2ccc(-c3cc4c(O)c(Oc5ccccc5)c(=O)[nH]c4cc3Cl)cc2)cs1. The molecule has 2 heterocycles. The molecule has 0 aliphatic rings. The molecule has 32 heavy (non-hydrogen) atoms. The first kappa shape index (κ1) is 20.1. The van der Waals surface area contributed by atoms with E-state index in [0.29, 0.717) is 32.4 Å². The van der Waals surface area contributed by atoms with E-state index in [0.717, 1.165) is 16.8 Å². The minimum atomic E-state index is -0.547. The van der Waals surface area contributed by atoms with Crippen LogP contribution in [0.5, 0.6) is 17.2 Å². The molecule has 2 aromatic heterocycles. The Morgan fingerprint density at radius 2 is 1.75 bits per heavy atom. The van der Waals surface area contributed by atoms with Crippen LogP contribution >= 0.6 is 22.9 Å². The summed E-state index contributed by atoms with van der Waals surface area (Å²) in [6.45, 7) is 0. The topological polar surface area (TPSA) is 101 Å². The van der Waals surface area contributed by atoms with Crippen molar-refractivity contribution in [3.63, 3.8) is 0 Å². The number of ether oxygens (including phenoxy) is 1. The first-order valence-electron chi connectivity index (χ1n) is 9.63. The van der Waals surface area contributed by atoms with Crippen molar-refractivity contribution in [2.45, 2.75) is 0 Å². The van der Waals surface area contributed by atoms with Crippen LogP contribution in [0.1, 0.15) is 0 Å². The molecule has 5 rings (SSSR count). The van der Waals surface area contributed by atoms with E-state index in [1.807, 2.05) is 35.7 Å². The van der Waals surface area contributed by atoms with Crippen LogP contribution in [0.15, 0.2) is 76.9 Å². The van der Waals surface area contributed by atoms with Crippen LogP contribution in [-0.4, -0.2) is 15.1 Å². The zero-order valence-corrected chi connectivity index (χ0v) is 18.1. The fourth-order valence-corrected chi connectivity index (χ4v) is 4.29. The smallest absolute Gasteiger partial charge is 0.295 e. The quantitative estimate of drug-likeness (QED) is 0.302. The van der Waals surface area contributed by atoms with Gasteiger partial charge in [-0.05, 0) is 29.8 Å². The number of nitrogens with zero attached hydrogens (tertiary/aromatic N) is 1. The Labute approximate surface area is 191 Å². The highest BCUT2D eigenvalue weighted by molar-refractivity contribution is 7.13. The lowest BCUT2D eigenvalue weighted by atomic mass is 10.0. The van der Waals surface area contributed by atoms with Gasteiger partial charge in [-0.3, -0.25) is 4.79 Å². The molecule has 0 aliphatic carbocycles. The average Bonchev–Trinajstić information content (AvgIpc) is 3.23. The Bertz CT molecular complexity index is 1500. The van der Waals surface area contributed by atoms with Gasteiger partial charge in [0.05, 0.1) is 16.2 Å². The molecule has 0 fully saturated rings. The molecular formula is C24H16ClN3O3S. The Balaban J connectivity index is 1.58. The predicted molar refractivity (Wildman–Crippen MR) is 129 cm³/mol. The number of anilines is 1. The lowest BCUT2D eigenvalue weighted by molar-refractivity contribution is 0.410. The standard InChI is InChI=1S/C24H16ClN3O3S/c25-18-11-19-17(21(29)22(23(30)27-19)31-15-4-2-1-3-5-15)10-16(18)13-6-8-14(9-7-13)20-12-32-24(26)28-20/h1-12H,(H2,26,28)(H2,27,29,30). The summed E-state index contributed by atoms with van der Waals surface area (Å²) in [5.74, 6) is 0.0219. The monoisotopic (exact) mass is 461 g/mol. The summed E-state index contributed by atoms with van der Waals surface area (Å²) in [4.78, 5) is 19.5. The number of pyridine rings is 1. The summed E-state index contributed by atoms with van der Waals surface area (Å²) in [6, 6.07) is 19.9. The highest BCUT2D eigenvalue weighted by Gasteiger charge is 2.17. The number of fused-ring (bicyclic) bond motifs is 1. The lowest BCUT2D eigenvalue weighted by Gasteiger charge is -2.12. The Kier molecular flexibility index (Phi) is 5.05. The molecule has 0 aliphatic heterocycles. The number of nitrogen functional groups attached to an aromatic ring is 1. The van der Waals surface area contributed by atoms with E-state index < -0.39 is 5.56 Å². The number of halogens is 1. The number of hydrogen-bond donors (Lipinski definition) is 3. The van der Waals surface area contributed by atoms with Gasteiger partial charge in [0.2, 0.25) is 5.75 Å². The van der Waals surface area contributed by atoms with Gasteiger partial charge in [-0.2, -0.15) is 0 Å². The highest BCUT2D eigenvalue weighted by atomic mass is 35.5. The van der Waals surface area contributed by atoms with E-state index in [1.54, 1.807) is 36.4 Å². The number of nitrogens with one attached hydrogen (secondary N) is 1. The molecule has 5 aromatic rings. The minimum Gasteiger partial charge on any atom is -0.504 e. The molecule has 158 valence electrons. The molecule has 0 saturated heterocycles. The van der Waals surface area contributed by atoms with Crippen molar-refractivity contribution in [3.05, 3.63) is 87.5 Å². The molecule has 0 radical (unpaired) electrons. The third-order valence-electron chi connectivity index (χ3n) is 5.01. The predicted octanol–water partition coefficient (Wildman–Crippen LogP) is 6.05. The first-order valence-corrected chi connectivity index (χ1v) is 10.9. The Morgan fingerprint density at radius 1 is 1.03 bits per heavy atom. The zero-order chi connectivity index (χ0) is 22.2. The van der Waals surface area contributed by atoms with Crippen LogP contribution in [0.3, 0.4) is 0 Å². The van der Waals surface area contributed by atoms with Crippen molar-refractivity contribution in [1.29, 1.82) is 0 Å². The van der Waals surface area contributed by atoms with Gasteiger partial charge >= 0.3 is 0 Å². The number of H-pyrrole nitrogens is 1. The lowest BCUT2D eigenvalue weighted by Crippen LogP contribution is -2.09. The van der Waals surface area contributed by atoms with Crippen LogP contribution in [0.4, 0.5) is 5.13 Å². The van der Waals surface area contributed by atoms with E-state index in [1.165, 1.54) is 11.3 Å². The van der Waals surface area contributed by atoms with Crippen LogP contribution in [0.2, 0.25) is 5.02 Å². The van der Waals surface area contributed by atoms with Crippen LogP contribution in [-0.2, 0) is 0 Å². The summed E-state index contributed by atoms with van der Waals surface area (Å²) in [6.07, 6.45) is 0. The van der Waals surface area contributed by atoms with E-state index >= 15 is 0 Å². The molecule has 0 saturated carbocycles. The number of hydrogen-bond acceptors (Lipinski definition) is 6. The Hall–Kier alpha value is -3.81. The van der Waals surface area contributed by atoms with Gasteiger partial charge in [0.25, 0.3) is 5.56 Å². The van der Waals surface area contributed by atoms with Gasteiger partial charge in [0, 0.05) is 21.9 Å². The van der Waals surface area contributed by atoms with Crippen molar-refractivity contribution in [1.82, 2.24) is 9.97 Å². The largest absolute Gasteiger partial charge is 0.504 e. The zero-order valence-electron chi connectivity index (χ0n) is 16.5. The summed E-state index contributed by atoms with van der Waals surface area (Å²) in [7, 11) is 0. The third-order valence-corrected chi connectivity index (χ3v) is 6.00. The summed E-state index contributed by atoms with van der Waals surface area (Å²) < 4.78 is 5.65. The van der Waals surface area contributed by atoms with E-state index in [4.69, 9.17) is 22.1 Å². The maximum Gasteiger partial charge on any atom is 0.295 e. The summed E-state index contributed by atoms with van der Waals surface area (Å²) in [5.41, 5.74) is 8.89. The van der Waals surface area contributed by atoms with Gasteiger partial charge in [-0.1, -0.05) is 54.1 Å². The van der Waals surface area contributed by atoms with Gasteiger partial charge in [0.1, 0.15) is 5.75 Å². The first-order chi connectivity index (χ1) is 15.5. The summed E-state index contributed by atoms with van der Waals surface area (Å²) >= 11 is 7.90. The highest BCUT2D eigenvalue weighted by Crippen LogP contribution is 2.39. The molecular weight excluding hydrogens is 446 g/mol. The molecule has 8 heteroatoms. The molecule has 0 spiro atoms. The van der Waals surface area contributed by atoms with Crippen molar-refractivity contribution >= 4 is 39.0 Å². The van der Waals surface area contributed by atoms with Crippen LogP contribution in [0.25, 0.3) is 33.3 Å². The number of thiazole rings is 1. The fraction of sp³-hybridized carbons (Fsp3) is 0. The maximum atomic E-state index is 12.5. The van der Waals surface area contributed by atoms with Gasteiger partial charge in [0.15, 0.2) is 10.9 Å². The molecule has 0 bridgehead atoms. The normalized spacial score (nSPS) is 11.0. The van der Waals surface area contributed by atoms with Gasteiger partial charge in [-0.25, -0.2) is 4.98 Å². The molecule has 3 aromatic carbocycles.